The third kappa shape index (κ3) is 3.49. The quantitative estimate of drug-likeness (QED) is 0.529. The zero-order valence-electron chi connectivity index (χ0n) is 8.71. The van der Waals surface area contributed by atoms with Gasteiger partial charge in [0.1, 0.15) is 0 Å². The van der Waals surface area contributed by atoms with Crippen molar-refractivity contribution in [1.29, 1.82) is 0 Å². The molecular weight excluding hydrogens is 160 g/mol. The summed E-state index contributed by atoms with van der Waals surface area (Å²) in [6.07, 6.45) is 5.54. The lowest BCUT2D eigenvalue weighted by Gasteiger charge is -2.34. The van der Waals surface area contributed by atoms with Crippen LogP contribution in [0.1, 0.15) is 26.2 Å². The molecule has 2 N–H and O–H groups in total. The van der Waals surface area contributed by atoms with E-state index in [2.05, 4.69) is 18.4 Å². The van der Waals surface area contributed by atoms with Gasteiger partial charge in [-0.3, -0.25) is 0 Å². The van der Waals surface area contributed by atoms with Crippen LogP contribution in [-0.4, -0.2) is 30.6 Å². The fourth-order valence-electron chi connectivity index (χ4n) is 1.91. The van der Waals surface area contributed by atoms with Gasteiger partial charge in [0.05, 0.1) is 0 Å². The Morgan fingerprint density at radius 3 is 3.00 bits per heavy atom. The van der Waals surface area contributed by atoms with E-state index in [-0.39, 0.29) is 0 Å². The Balaban J connectivity index is 2.17. The molecule has 2 heteroatoms. The van der Waals surface area contributed by atoms with Crippen LogP contribution >= 0.6 is 0 Å². The fraction of sp³-hybridized carbons (Fsp3) is 0.818. The van der Waals surface area contributed by atoms with Gasteiger partial charge in [0.2, 0.25) is 0 Å². The summed E-state index contributed by atoms with van der Waals surface area (Å²) in [6.45, 7) is 9.56. The first-order valence-electron chi connectivity index (χ1n) is 5.33. The summed E-state index contributed by atoms with van der Waals surface area (Å²) in [5, 5.41) is 0. The summed E-state index contributed by atoms with van der Waals surface area (Å²) >= 11 is 0. The summed E-state index contributed by atoms with van der Waals surface area (Å²) in [7, 11) is 0. The number of hydrogen-bond acceptors (Lipinski definition) is 2. The third-order valence-corrected chi connectivity index (χ3v) is 2.94. The van der Waals surface area contributed by atoms with E-state index in [1.54, 1.807) is 0 Å². The fourth-order valence-corrected chi connectivity index (χ4v) is 1.91. The second-order valence-electron chi connectivity index (χ2n) is 4.16. The number of unbranched alkanes of at least 4 members (excludes halogenated alkanes) is 1. The first-order valence-corrected chi connectivity index (χ1v) is 5.33. The van der Waals surface area contributed by atoms with Gasteiger partial charge in [-0.25, -0.2) is 0 Å². The van der Waals surface area contributed by atoms with Gasteiger partial charge in [-0.15, -0.1) is 6.58 Å². The van der Waals surface area contributed by atoms with Crippen LogP contribution in [0.25, 0.3) is 0 Å². The van der Waals surface area contributed by atoms with Crippen LogP contribution in [0.4, 0.5) is 0 Å². The molecule has 1 heterocycles. The van der Waals surface area contributed by atoms with Crippen molar-refractivity contribution in [2.24, 2.45) is 11.7 Å². The van der Waals surface area contributed by atoms with Crippen LogP contribution in [0, 0.1) is 5.92 Å². The average molecular weight is 182 g/mol. The summed E-state index contributed by atoms with van der Waals surface area (Å²) in [5.74, 6) is 0.664. The Hall–Kier alpha value is -0.340. The number of allylic oxidation sites excluding steroid dienone is 1. The Kier molecular flexibility index (Phi) is 4.46. The minimum absolute atomic E-state index is 0.427. The second-order valence-corrected chi connectivity index (χ2v) is 4.16. The Morgan fingerprint density at radius 1 is 1.62 bits per heavy atom. The van der Waals surface area contributed by atoms with E-state index < -0.39 is 0 Å². The van der Waals surface area contributed by atoms with Crippen molar-refractivity contribution in [3.63, 3.8) is 0 Å². The standard InChI is InChI=1S/C11H22N2/c1-3-4-5-7-13-8-6-11(12)10(2)9-13/h3,10-11H,1,4-9,12H2,2H3. The largest absolute Gasteiger partial charge is 0.327 e. The van der Waals surface area contributed by atoms with Gasteiger partial charge >= 0.3 is 0 Å². The highest BCUT2D eigenvalue weighted by atomic mass is 15.1. The smallest absolute Gasteiger partial charge is 0.00889 e. The van der Waals surface area contributed by atoms with Crippen molar-refractivity contribution < 1.29 is 0 Å². The number of piperidine rings is 1. The third-order valence-electron chi connectivity index (χ3n) is 2.94. The summed E-state index contributed by atoms with van der Waals surface area (Å²) in [6, 6.07) is 0.427. The molecule has 0 aromatic heterocycles. The van der Waals surface area contributed by atoms with Crippen LogP contribution in [0.5, 0.6) is 0 Å². The predicted octanol–water partition coefficient (Wildman–Crippen LogP) is 1.62. The Labute approximate surface area is 81.8 Å². The summed E-state index contributed by atoms with van der Waals surface area (Å²) < 4.78 is 0. The van der Waals surface area contributed by atoms with Gasteiger partial charge in [0.15, 0.2) is 0 Å². The molecule has 0 radical (unpaired) electrons. The number of rotatable bonds is 4. The highest BCUT2D eigenvalue weighted by Crippen LogP contribution is 2.15. The lowest BCUT2D eigenvalue weighted by molar-refractivity contribution is 0.163. The zero-order valence-corrected chi connectivity index (χ0v) is 8.71. The molecule has 1 saturated heterocycles. The van der Waals surface area contributed by atoms with Gasteiger partial charge in [0.25, 0.3) is 0 Å². The molecule has 0 bridgehead atoms. The molecule has 1 rings (SSSR count). The molecule has 1 aliphatic heterocycles. The number of nitrogens with zero attached hydrogens (tertiary/aromatic N) is 1. The number of hydrogen-bond donors (Lipinski definition) is 1. The van der Waals surface area contributed by atoms with Crippen molar-refractivity contribution in [2.75, 3.05) is 19.6 Å². The molecule has 2 atom stereocenters. The van der Waals surface area contributed by atoms with Crippen LogP contribution in [-0.2, 0) is 0 Å². The topological polar surface area (TPSA) is 29.3 Å². The summed E-state index contributed by atoms with van der Waals surface area (Å²) in [5.41, 5.74) is 5.95. The highest BCUT2D eigenvalue weighted by Gasteiger charge is 2.22. The van der Waals surface area contributed by atoms with E-state index in [4.69, 9.17) is 5.73 Å². The van der Waals surface area contributed by atoms with Crippen molar-refractivity contribution in [2.45, 2.75) is 32.2 Å². The summed E-state index contributed by atoms with van der Waals surface area (Å²) in [4.78, 5) is 2.53. The monoisotopic (exact) mass is 182 g/mol. The predicted molar refractivity (Wildman–Crippen MR) is 57.6 cm³/mol. The molecule has 76 valence electrons. The van der Waals surface area contributed by atoms with Crippen LogP contribution in [0.2, 0.25) is 0 Å². The van der Waals surface area contributed by atoms with E-state index in [9.17, 15) is 0 Å². The normalized spacial score (nSPS) is 30.3. The molecule has 0 aromatic carbocycles. The van der Waals surface area contributed by atoms with Crippen molar-refractivity contribution in [3.8, 4) is 0 Å². The van der Waals surface area contributed by atoms with Gasteiger partial charge in [-0.05, 0) is 38.3 Å². The SMILES string of the molecule is C=CCCCN1CCC(N)C(C)C1. The van der Waals surface area contributed by atoms with Crippen molar-refractivity contribution in [3.05, 3.63) is 12.7 Å². The first kappa shape index (κ1) is 10.7. The molecule has 0 saturated carbocycles. The van der Waals surface area contributed by atoms with E-state index in [1.807, 2.05) is 6.08 Å². The molecule has 2 nitrogen and oxygen atoms in total. The van der Waals surface area contributed by atoms with Gasteiger partial charge in [0, 0.05) is 12.6 Å². The molecular formula is C11H22N2. The number of nitrogens with two attached hydrogens (primary N) is 1. The van der Waals surface area contributed by atoms with Crippen molar-refractivity contribution >= 4 is 0 Å². The number of likely N-dealkylation sites (tertiary alicyclic amines) is 1. The van der Waals surface area contributed by atoms with Crippen LogP contribution in [0.3, 0.4) is 0 Å². The lowest BCUT2D eigenvalue weighted by Crippen LogP contribution is -2.46. The molecule has 0 aromatic rings. The van der Waals surface area contributed by atoms with Crippen LogP contribution in [0.15, 0.2) is 12.7 Å². The van der Waals surface area contributed by atoms with E-state index in [0.717, 1.165) is 12.8 Å². The van der Waals surface area contributed by atoms with Gasteiger partial charge in [-0.2, -0.15) is 0 Å². The molecule has 2 unspecified atom stereocenters. The maximum Gasteiger partial charge on any atom is 0.00889 e. The van der Waals surface area contributed by atoms with Gasteiger partial charge < -0.3 is 10.6 Å². The molecule has 0 amide bonds. The molecule has 13 heavy (non-hydrogen) atoms. The minimum atomic E-state index is 0.427. The first-order chi connectivity index (χ1) is 6.24. The maximum absolute atomic E-state index is 5.95. The second kappa shape index (κ2) is 5.40. The van der Waals surface area contributed by atoms with Gasteiger partial charge in [-0.1, -0.05) is 13.0 Å². The minimum Gasteiger partial charge on any atom is -0.327 e. The maximum atomic E-state index is 5.95. The molecule has 0 aliphatic carbocycles. The van der Waals surface area contributed by atoms with Crippen molar-refractivity contribution in [1.82, 2.24) is 4.90 Å². The molecule has 0 spiro atoms. The lowest BCUT2D eigenvalue weighted by atomic mass is 9.95. The van der Waals surface area contributed by atoms with E-state index in [1.165, 1.54) is 26.1 Å². The Bertz CT molecular complexity index is 156. The molecule has 1 fully saturated rings. The zero-order chi connectivity index (χ0) is 9.68. The average Bonchev–Trinajstić information content (AvgIpc) is 2.12. The van der Waals surface area contributed by atoms with E-state index in [0.29, 0.717) is 12.0 Å². The van der Waals surface area contributed by atoms with E-state index >= 15 is 0 Å². The molecule has 1 aliphatic rings. The van der Waals surface area contributed by atoms with Crippen LogP contribution < -0.4 is 5.73 Å². The highest BCUT2D eigenvalue weighted by molar-refractivity contribution is 4.80. The Morgan fingerprint density at radius 2 is 2.38 bits per heavy atom.